The van der Waals surface area contributed by atoms with Crippen LogP contribution in [0.1, 0.15) is 32.6 Å². The Morgan fingerprint density at radius 2 is 2.11 bits per heavy atom. The molecule has 0 radical (unpaired) electrons. The molecule has 0 aliphatic heterocycles. The summed E-state index contributed by atoms with van der Waals surface area (Å²) < 4.78 is 0. The maximum Gasteiger partial charge on any atom is 0.269 e. The average Bonchev–Trinajstić information content (AvgIpc) is 2.40. The van der Waals surface area contributed by atoms with E-state index in [0.29, 0.717) is 11.3 Å². The zero-order valence-electron chi connectivity index (χ0n) is 11.2. The molecule has 1 N–H and O–H groups in total. The van der Waals surface area contributed by atoms with E-state index in [0.717, 1.165) is 11.4 Å². The van der Waals surface area contributed by atoms with E-state index in [-0.39, 0.29) is 10.6 Å². The van der Waals surface area contributed by atoms with Crippen LogP contribution in [0.5, 0.6) is 0 Å². The van der Waals surface area contributed by atoms with Crippen LogP contribution in [0.25, 0.3) is 0 Å². The van der Waals surface area contributed by atoms with Gasteiger partial charge in [-0.2, -0.15) is 0 Å². The van der Waals surface area contributed by atoms with Gasteiger partial charge in [-0.3, -0.25) is 10.1 Å². The molecule has 2 atom stereocenters. The Labute approximate surface area is 118 Å². The number of nitro groups is 1. The van der Waals surface area contributed by atoms with Crippen molar-refractivity contribution >= 4 is 17.4 Å². The molecule has 0 aromatic heterocycles. The Morgan fingerprint density at radius 3 is 2.74 bits per heavy atom. The standard InChI is InChI=1S/C14H20N2O2S/c1-2-15-11-4-3-5-14(10-11)19-13-8-6-12(7-9-13)16(17)18/h6-9,11,14-15H,2-5,10H2,1H3. The van der Waals surface area contributed by atoms with Gasteiger partial charge in [0.2, 0.25) is 0 Å². The summed E-state index contributed by atoms with van der Waals surface area (Å²) in [7, 11) is 0. The number of benzene rings is 1. The zero-order valence-corrected chi connectivity index (χ0v) is 12.0. The van der Waals surface area contributed by atoms with E-state index in [4.69, 9.17) is 0 Å². The number of nitrogens with zero attached hydrogens (tertiary/aromatic N) is 1. The monoisotopic (exact) mass is 280 g/mol. The zero-order chi connectivity index (χ0) is 13.7. The van der Waals surface area contributed by atoms with Crippen molar-refractivity contribution in [2.45, 2.75) is 48.8 Å². The highest BCUT2D eigenvalue weighted by molar-refractivity contribution is 8.00. The predicted octanol–water partition coefficient (Wildman–Crippen LogP) is 3.61. The Bertz CT molecular complexity index is 420. The van der Waals surface area contributed by atoms with Crippen LogP contribution in [0.15, 0.2) is 29.2 Å². The highest BCUT2D eigenvalue weighted by Crippen LogP contribution is 2.34. The number of hydrogen-bond acceptors (Lipinski definition) is 4. The van der Waals surface area contributed by atoms with Crippen LogP contribution in [-0.4, -0.2) is 22.8 Å². The molecular weight excluding hydrogens is 260 g/mol. The van der Waals surface area contributed by atoms with Gasteiger partial charge in [0.15, 0.2) is 0 Å². The molecule has 4 nitrogen and oxygen atoms in total. The minimum Gasteiger partial charge on any atom is -0.314 e. The molecule has 1 aliphatic rings. The fraction of sp³-hybridized carbons (Fsp3) is 0.571. The Morgan fingerprint density at radius 1 is 1.37 bits per heavy atom. The van der Waals surface area contributed by atoms with Crippen LogP contribution in [0, 0.1) is 10.1 Å². The normalized spacial score (nSPS) is 23.2. The van der Waals surface area contributed by atoms with E-state index in [2.05, 4.69) is 12.2 Å². The van der Waals surface area contributed by atoms with Crippen LogP contribution in [0.2, 0.25) is 0 Å². The van der Waals surface area contributed by atoms with Crippen molar-refractivity contribution in [1.82, 2.24) is 5.32 Å². The average molecular weight is 280 g/mol. The number of rotatable bonds is 5. The first-order chi connectivity index (χ1) is 9.19. The van der Waals surface area contributed by atoms with Gasteiger partial charge in [-0.1, -0.05) is 13.3 Å². The molecule has 1 aromatic carbocycles. The van der Waals surface area contributed by atoms with E-state index < -0.39 is 0 Å². The SMILES string of the molecule is CCNC1CCCC(Sc2ccc([N+](=O)[O-])cc2)C1. The predicted molar refractivity (Wildman–Crippen MR) is 78.7 cm³/mol. The summed E-state index contributed by atoms with van der Waals surface area (Å²) in [6, 6.07) is 7.54. The third kappa shape index (κ3) is 4.21. The fourth-order valence-corrected chi connectivity index (χ4v) is 3.86. The highest BCUT2D eigenvalue weighted by atomic mass is 32.2. The summed E-state index contributed by atoms with van der Waals surface area (Å²) in [5.74, 6) is 0. The second-order valence-electron chi connectivity index (χ2n) is 4.91. The van der Waals surface area contributed by atoms with Crippen molar-refractivity contribution in [2.75, 3.05) is 6.54 Å². The van der Waals surface area contributed by atoms with Crippen LogP contribution < -0.4 is 5.32 Å². The highest BCUT2D eigenvalue weighted by Gasteiger charge is 2.22. The van der Waals surface area contributed by atoms with Gasteiger partial charge in [0, 0.05) is 28.3 Å². The quantitative estimate of drug-likeness (QED) is 0.661. The molecule has 1 aliphatic carbocycles. The molecular formula is C14H20N2O2S. The maximum atomic E-state index is 10.6. The third-order valence-corrected chi connectivity index (χ3v) is 4.77. The lowest BCUT2D eigenvalue weighted by Crippen LogP contribution is -2.34. The second kappa shape index (κ2) is 6.91. The first-order valence-electron chi connectivity index (χ1n) is 6.83. The number of thioether (sulfide) groups is 1. The van der Waals surface area contributed by atoms with E-state index in [9.17, 15) is 10.1 Å². The van der Waals surface area contributed by atoms with Gasteiger partial charge in [-0.25, -0.2) is 0 Å². The van der Waals surface area contributed by atoms with E-state index in [1.54, 1.807) is 12.1 Å². The Hall–Kier alpha value is -1.07. The Kier molecular flexibility index (Phi) is 5.22. The van der Waals surface area contributed by atoms with Crippen molar-refractivity contribution in [3.8, 4) is 0 Å². The largest absolute Gasteiger partial charge is 0.314 e. The van der Waals surface area contributed by atoms with Crippen LogP contribution in [0.4, 0.5) is 5.69 Å². The first-order valence-corrected chi connectivity index (χ1v) is 7.71. The molecule has 0 amide bonds. The van der Waals surface area contributed by atoms with Gasteiger partial charge in [0.1, 0.15) is 0 Å². The van der Waals surface area contributed by atoms with Crippen molar-refractivity contribution in [2.24, 2.45) is 0 Å². The third-order valence-electron chi connectivity index (χ3n) is 3.47. The van der Waals surface area contributed by atoms with Gasteiger partial charge < -0.3 is 5.32 Å². The van der Waals surface area contributed by atoms with Crippen molar-refractivity contribution in [1.29, 1.82) is 0 Å². The van der Waals surface area contributed by atoms with Gasteiger partial charge in [0.25, 0.3) is 5.69 Å². The summed E-state index contributed by atoms with van der Waals surface area (Å²) >= 11 is 1.85. The van der Waals surface area contributed by atoms with Crippen LogP contribution in [0.3, 0.4) is 0 Å². The molecule has 0 saturated heterocycles. The smallest absolute Gasteiger partial charge is 0.269 e. The lowest BCUT2D eigenvalue weighted by atomic mass is 9.95. The number of nitro benzene ring substituents is 1. The van der Waals surface area contributed by atoms with Gasteiger partial charge in [-0.05, 0) is 37.9 Å². The molecule has 1 fully saturated rings. The molecule has 5 heteroatoms. The number of nitrogens with one attached hydrogen (secondary N) is 1. The second-order valence-corrected chi connectivity index (χ2v) is 6.29. The number of hydrogen-bond donors (Lipinski definition) is 1. The van der Waals surface area contributed by atoms with Gasteiger partial charge in [-0.15, -0.1) is 11.8 Å². The van der Waals surface area contributed by atoms with Gasteiger partial charge >= 0.3 is 0 Å². The molecule has 19 heavy (non-hydrogen) atoms. The molecule has 2 unspecified atom stereocenters. The van der Waals surface area contributed by atoms with E-state index in [1.165, 1.54) is 25.7 Å². The van der Waals surface area contributed by atoms with Crippen LogP contribution in [-0.2, 0) is 0 Å². The summed E-state index contributed by atoms with van der Waals surface area (Å²) in [6.45, 7) is 3.17. The van der Waals surface area contributed by atoms with E-state index in [1.807, 2.05) is 23.9 Å². The molecule has 0 bridgehead atoms. The molecule has 1 saturated carbocycles. The Balaban J connectivity index is 1.91. The van der Waals surface area contributed by atoms with Crippen molar-refractivity contribution in [3.05, 3.63) is 34.4 Å². The summed E-state index contributed by atoms with van der Waals surface area (Å²) in [5, 5.41) is 14.8. The van der Waals surface area contributed by atoms with Crippen molar-refractivity contribution in [3.63, 3.8) is 0 Å². The summed E-state index contributed by atoms with van der Waals surface area (Å²) in [6.07, 6.45) is 4.96. The minimum absolute atomic E-state index is 0.165. The minimum atomic E-state index is -0.351. The molecule has 0 spiro atoms. The lowest BCUT2D eigenvalue weighted by Gasteiger charge is -2.29. The number of non-ortho nitro benzene ring substituents is 1. The lowest BCUT2D eigenvalue weighted by molar-refractivity contribution is -0.384. The van der Waals surface area contributed by atoms with Gasteiger partial charge in [0.05, 0.1) is 4.92 Å². The molecule has 104 valence electrons. The fourth-order valence-electron chi connectivity index (χ4n) is 2.56. The summed E-state index contributed by atoms with van der Waals surface area (Å²) in [4.78, 5) is 11.4. The molecule has 0 heterocycles. The van der Waals surface area contributed by atoms with Crippen molar-refractivity contribution < 1.29 is 4.92 Å². The molecule has 2 rings (SSSR count). The maximum absolute atomic E-state index is 10.6. The van der Waals surface area contributed by atoms with E-state index >= 15 is 0 Å². The topological polar surface area (TPSA) is 55.2 Å². The molecule has 1 aromatic rings. The first kappa shape index (κ1) is 14.3. The summed E-state index contributed by atoms with van der Waals surface area (Å²) in [5.41, 5.74) is 0.165. The van der Waals surface area contributed by atoms with Crippen LogP contribution >= 0.6 is 11.8 Å².